The molecule has 0 saturated carbocycles. The zero-order chi connectivity index (χ0) is 13.8. The Bertz CT molecular complexity index is 396. The first-order valence-electron chi connectivity index (χ1n) is 6.98. The van der Waals surface area contributed by atoms with Crippen molar-refractivity contribution in [3.8, 4) is 0 Å². The normalized spacial score (nSPS) is 18.8. The van der Waals surface area contributed by atoms with Gasteiger partial charge >= 0.3 is 0 Å². The predicted molar refractivity (Wildman–Crippen MR) is 78.0 cm³/mol. The van der Waals surface area contributed by atoms with E-state index in [-0.39, 0.29) is 11.9 Å². The molecule has 4 heteroatoms. The minimum atomic E-state index is -0.184. The molecular weight excluding hydrogens is 263 g/mol. The van der Waals surface area contributed by atoms with E-state index in [9.17, 15) is 4.39 Å². The van der Waals surface area contributed by atoms with E-state index in [1.165, 1.54) is 6.07 Å². The molecule has 106 valence electrons. The van der Waals surface area contributed by atoms with Crippen LogP contribution in [0.3, 0.4) is 0 Å². The first-order valence-corrected chi connectivity index (χ1v) is 7.36. The molecule has 0 aliphatic carbocycles. The van der Waals surface area contributed by atoms with Crippen LogP contribution in [0.1, 0.15) is 31.9 Å². The summed E-state index contributed by atoms with van der Waals surface area (Å²) in [6.45, 7) is 8.15. The van der Waals surface area contributed by atoms with Gasteiger partial charge in [0.15, 0.2) is 0 Å². The van der Waals surface area contributed by atoms with E-state index in [2.05, 4.69) is 24.1 Å². The van der Waals surface area contributed by atoms with Gasteiger partial charge in [0.25, 0.3) is 0 Å². The Morgan fingerprint density at radius 3 is 2.58 bits per heavy atom. The summed E-state index contributed by atoms with van der Waals surface area (Å²) >= 11 is 6.24. The topological polar surface area (TPSA) is 15.3 Å². The summed E-state index contributed by atoms with van der Waals surface area (Å²) in [4.78, 5) is 2.35. The van der Waals surface area contributed by atoms with Gasteiger partial charge in [0, 0.05) is 42.8 Å². The van der Waals surface area contributed by atoms with E-state index in [0.29, 0.717) is 16.5 Å². The molecule has 1 saturated heterocycles. The van der Waals surface area contributed by atoms with Crippen molar-refractivity contribution in [3.63, 3.8) is 0 Å². The van der Waals surface area contributed by atoms with Gasteiger partial charge in [-0.15, -0.1) is 0 Å². The summed E-state index contributed by atoms with van der Waals surface area (Å²) in [6, 6.07) is 5.05. The van der Waals surface area contributed by atoms with E-state index < -0.39 is 0 Å². The van der Waals surface area contributed by atoms with Gasteiger partial charge in [0.05, 0.1) is 0 Å². The SMILES string of the molecule is CC(C)C[C@@H](c1c(F)cccc1Cl)N1CCNCC1. The first kappa shape index (κ1) is 14.8. The van der Waals surface area contributed by atoms with Crippen molar-refractivity contribution in [1.82, 2.24) is 10.2 Å². The Balaban J connectivity index is 2.30. The molecular formula is C15H22ClFN2. The summed E-state index contributed by atoms with van der Waals surface area (Å²) in [6.07, 6.45) is 0.931. The van der Waals surface area contributed by atoms with Gasteiger partial charge in [-0.05, 0) is 24.5 Å². The van der Waals surface area contributed by atoms with Gasteiger partial charge in [0.1, 0.15) is 5.82 Å². The molecule has 1 N–H and O–H groups in total. The molecule has 2 nitrogen and oxygen atoms in total. The Kier molecular flexibility index (Phi) is 5.20. The van der Waals surface area contributed by atoms with E-state index in [1.807, 2.05) is 0 Å². The van der Waals surface area contributed by atoms with Gasteiger partial charge < -0.3 is 5.32 Å². The molecule has 1 aromatic rings. The van der Waals surface area contributed by atoms with Gasteiger partial charge in [-0.3, -0.25) is 4.90 Å². The lowest BCUT2D eigenvalue weighted by molar-refractivity contribution is 0.151. The summed E-state index contributed by atoms with van der Waals surface area (Å²) in [7, 11) is 0. The molecule has 0 bridgehead atoms. The van der Waals surface area contributed by atoms with E-state index in [4.69, 9.17) is 11.6 Å². The van der Waals surface area contributed by atoms with Crippen LogP contribution in [0, 0.1) is 11.7 Å². The van der Waals surface area contributed by atoms with Crippen LogP contribution < -0.4 is 5.32 Å². The molecule has 1 aliphatic rings. The average molecular weight is 285 g/mol. The van der Waals surface area contributed by atoms with Gasteiger partial charge in [-0.25, -0.2) is 4.39 Å². The van der Waals surface area contributed by atoms with Gasteiger partial charge in [0.2, 0.25) is 0 Å². The number of rotatable bonds is 4. The van der Waals surface area contributed by atoms with Crippen molar-refractivity contribution in [1.29, 1.82) is 0 Å². The van der Waals surface area contributed by atoms with Crippen molar-refractivity contribution in [2.24, 2.45) is 5.92 Å². The highest BCUT2D eigenvalue weighted by Crippen LogP contribution is 2.34. The third kappa shape index (κ3) is 3.68. The van der Waals surface area contributed by atoms with Crippen LogP contribution in [-0.4, -0.2) is 31.1 Å². The Labute approximate surface area is 119 Å². The molecule has 0 radical (unpaired) electrons. The Morgan fingerprint density at radius 1 is 1.32 bits per heavy atom. The molecule has 1 fully saturated rings. The Hall–Kier alpha value is -0.640. The minimum absolute atomic E-state index is 0.0794. The molecule has 0 unspecified atom stereocenters. The zero-order valence-corrected chi connectivity index (χ0v) is 12.4. The molecule has 0 spiro atoms. The van der Waals surface area contributed by atoms with E-state index in [1.54, 1.807) is 12.1 Å². The molecule has 19 heavy (non-hydrogen) atoms. The number of hydrogen-bond acceptors (Lipinski definition) is 2. The number of nitrogens with zero attached hydrogens (tertiary/aromatic N) is 1. The van der Waals surface area contributed by atoms with Crippen LogP contribution in [-0.2, 0) is 0 Å². The van der Waals surface area contributed by atoms with Crippen LogP contribution in [0.5, 0.6) is 0 Å². The lowest BCUT2D eigenvalue weighted by Crippen LogP contribution is -2.45. The molecule has 1 heterocycles. The highest BCUT2D eigenvalue weighted by molar-refractivity contribution is 6.31. The average Bonchev–Trinajstić information content (AvgIpc) is 2.38. The summed E-state index contributed by atoms with van der Waals surface area (Å²) in [5.74, 6) is 0.326. The highest BCUT2D eigenvalue weighted by Gasteiger charge is 2.27. The summed E-state index contributed by atoms with van der Waals surface area (Å²) < 4.78 is 14.2. The number of nitrogens with one attached hydrogen (secondary N) is 1. The zero-order valence-electron chi connectivity index (χ0n) is 11.6. The van der Waals surface area contributed by atoms with Crippen LogP contribution in [0.2, 0.25) is 5.02 Å². The van der Waals surface area contributed by atoms with Crippen LogP contribution >= 0.6 is 11.6 Å². The van der Waals surface area contributed by atoms with Crippen molar-refractivity contribution in [3.05, 3.63) is 34.6 Å². The number of halogens is 2. The van der Waals surface area contributed by atoms with E-state index in [0.717, 1.165) is 32.6 Å². The fourth-order valence-electron chi connectivity index (χ4n) is 2.72. The van der Waals surface area contributed by atoms with E-state index >= 15 is 0 Å². The molecule has 2 rings (SSSR count). The lowest BCUT2D eigenvalue weighted by atomic mass is 9.94. The minimum Gasteiger partial charge on any atom is -0.314 e. The maximum absolute atomic E-state index is 14.2. The highest BCUT2D eigenvalue weighted by atomic mass is 35.5. The summed E-state index contributed by atoms with van der Waals surface area (Å²) in [5.41, 5.74) is 0.666. The molecule has 1 aromatic carbocycles. The standard InChI is InChI=1S/C15H22ClFN2/c1-11(2)10-14(19-8-6-18-7-9-19)15-12(16)4-3-5-13(15)17/h3-5,11,14,18H,6-10H2,1-2H3/t14-/m0/s1. The van der Waals surface area contributed by atoms with Crippen LogP contribution in [0.25, 0.3) is 0 Å². The third-order valence-corrected chi connectivity index (χ3v) is 3.95. The molecule has 1 atom stereocenters. The fraction of sp³-hybridized carbons (Fsp3) is 0.600. The third-order valence-electron chi connectivity index (χ3n) is 3.62. The van der Waals surface area contributed by atoms with Gasteiger partial charge in [-0.2, -0.15) is 0 Å². The maximum Gasteiger partial charge on any atom is 0.129 e. The Morgan fingerprint density at radius 2 is 2.00 bits per heavy atom. The summed E-state index contributed by atoms with van der Waals surface area (Å²) in [5, 5.41) is 3.88. The van der Waals surface area contributed by atoms with Crippen LogP contribution in [0.15, 0.2) is 18.2 Å². The lowest BCUT2D eigenvalue weighted by Gasteiger charge is -2.36. The van der Waals surface area contributed by atoms with Crippen LogP contribution in [0.4, 0.5) is 4.39 Å². The van der Waals surface area contributed by atoms with Crippen molar-refractivity contribution < 1.29 is 4.39 Å². The quantitative estimate of drug-likeness (QED) is 0.911. The van der Waals surface area contributed by atoms with Gasteiger partial charge in [-0.1, -0.05) is 31.5 Å². The monoisotopic (exact) mass is 284 g/mol. The smallest absolute Gasteiger partial charge is 0.129 e. The number of hydrogen-bond donors (Lipinski definition) is 1. The largest absolute Gasteiger partial charge is 0.314 e. The predicted octanol–water partition coefficient (Wildman–Crippen LogP) is 3.47. The molecule has 1 aliphatic heterocycles. The number of benzene rings is 1. The fourth-order valence-corrected chi connectivity index (χ4v) is 3.01. The molecule has 0 aromatic heterocycles. The second-order valence-corrected chi connectivity index (χ2v) is 5.97. The van der Waals surface area contributed by atoms with Crippen molar-refractivity contribution >= 4 is 11.6 Å². The number of piperazine rings is 1. The second-order valence-electron chi connectivity index (χ2n) is 5.57. The molecule has 0 amide bonds. The second kappa shape index (κ2) is 6.69. The maximum atomic E-state index is 14.2. The van der Waals surface area contributed by atoms with Crippen molar-refractivity contribution in [2.45, 2.75) is 26.3 Å². The first-order chi connectivity index (χ1) is 9.09. The van der Waals surface area contributed by atoms with Crippen molar-refractivity contribution in [2.75, 3.05) is 26.2 Å².